The van der Waals surface area contributed by atoms with Gasteiger partial charge in [0.05, 0.1) is 0 Å². The van der Waals surface area contributed by atoms with Crippen molar-refractivity contribution in [3.8, 4) is 6.07 Å². The summed E-state index contributed by atoms with van der Waals surface area (Å²) >= 11 is 5.85. The van der Waals surface area contributed by atoms with Crippen LogP contribution >= 0.6 is 11.6 Å². The highest BCUT2D eigenvalue weighted by Gasteiger charge is 2.27. The molecule has 0 aromatic carbocycles. The molecule has 1 heterocycles. The van der Waals surface area contributed by atoms with Crippen LogP contribution < -0.4 is 0 Å². The Morgan fingerprint density at radius 2 is 2.33 bits per heavy atom. The minimum Gasteiger partial charge on any atom is -0.358 e. The molecule has 0 aliphatic heterocycles. The number of halogens is 1. The van der Waals surface area contributed by atoms with E-state index < -0.39 is 0 Å². The highest BCUT2D eigenvalue weighted by Crippen LogP contribution is 2.40. The second kappa shape index (κ2) is 2.80. The fourth-order valence-electron chi connectivity index (χ4n) is 1.29. The fraction of sp³-hybridized carbons (Fsp3) is 0.500. The van der Waals surface area contributed by atoms with Crippen molar-refractivity contribution >= 4 is 11.6 Å². The van der Waals surface area contributed by atoms with Gasteiger partial charge in [0.1, 0.15) is 11.1 Å². The van der Waals surface area contributed by atoms with Crippen molar-refractivity contribution in [2.75, 3.05) is 0 Å². The maximum Gasteiger partial charge on any atom is 0.202 e. The molecule has 1 aromatic heterocycles. The first-order valence-corrected chi connectivity index (χ1v) is 4.26. The third-order valence-corrected chi connectivity index (χ3v) is 2.61. The van der Waals surface area contributed by atoms with Crippen LogP contribution in [0, 0.1) is 11.3 Å². The second-order valence-corrected chi connectivity index (χ2v) is 3.33. The summed E-state index contributed by atoms with van der Waals surface area (Å²) in [5.41, 5.74) is 0.207. The number of rotatable bonds is 1. The number of aromatic nitrogens is 1. The highest BCUT2D eigenvalue weighted by molar-refractivity contribution is 6.32. The van der Waals surface area contributed by atoms with E-state index in [2.05, 4.69) is 5.16 Å². The Morgan fingerprint density at radius 1 is 1.58 bits per heavy atom. The summed E-state index contributed by atoms with van der Waals surface area (Å²) in [5.74, 6) is 1.09. The van der Waals surface area contributed by atoms with Crippen molar-refractivity contribution in [2.45, 2.75) is 25.2 Å². The maximum absolute atomic E-state index is 8.55. The summed E-state index contributed by atoms with van der Waals surface area (Å²) in [5, 5.41) is 12.5. The Labute approximate surface area is 74.9 Å². The number of nitriles is 1. The monoisotopic (exact) mass is 182 g/mol. The first-order valence-electron chi connectivity index (χ1n) is 3.88. The molecule has 0 atom stereocenters. The molecule has 1 fully saturated rings. The Balaban J connectivity index is 2.33. The Kier molecular flexibility index (Phi) is 1.78. The maximum atomic E-state index is 8.55. The molecule has 12 heavy (non-hydrogen) atoms. The van der Waals surface area contributed by atoms with Gasteiger partial charge in [-0.2, -0.15) is 5.26 Å². The Bertz CT molecular complexity index is 335. The SMILES string of the molecule is N#Cc1noc(C2CCC2)c1Cl. The van der Waals surface area contributed by atoms with Crippen molar-refractivity contribution in [1.29, 1.82) is 5.26 Å². The lowest BCUT2D eigenvalue weighted by atomic mass is 9.83. The molecule has 0 N–H and O–H groups in total. The molecule has 1 aromatic rings. The van der Waals surface area contributed by atoms with Gasteiger partial charge in [0.15, 0.2) is 5.76 Å². The molecule has 1 aliphatic rings. The van der Waals surface area contributed by atoms with E-state index in [4.69, 9.17) is 21.4 Å². The van der Waals surface area contributed by atoms with E-state index in [0.29, 0.717) is 16.7 Å². The molecule has 0 radical (unpaired) electrons. The molecular weight excluding hydrogens is 176 g/mol. The van der Waals surface area contributed by atoms with Crippen molar-refractivity contribution in [2.24, 2.45) is 0 Å². The smallest absolute Gasteiger partial charge is 0.202 e. The van der Waals surface area contributed by atoms with E-state index in [1.165, 1.54) is 6.42 Å². The van der Waals surface area contributed by atoms with Gasteiger partial charge < -0.3 is 4.52 Å². The molecule has 4 heteroatoms. The molecule has 0 spiro atoms. The topological polar surface area (TPSA) is 49.8 Å². The molecule has 62 valence electrons. The van der Waals surface area contributed by atoms with Crippen molar-refractivity contribution in [3.63, 3.8) is 0 Å². The number of hydrogen-bond acceptors (Lipinski definition) is 3. The van der Waals surface area contributed by atoms with E-state index in [9.17, 15) is 0 Å². The summed E-state index contributed by atoms with van der Waals surface area (Å²) in [6.07, 6.45) is 3.41. The van der Waals surface area contributed by atoms with E-state index in [0.717, 1.165) is 12.8 Å². The summed E-state index contributed by atoms with van der Waals surface area (Å²) < 4.78 is 4.99. The zero-order chi connectivity index (χ0) is 8.55. The van der Waals surface area contributed by atoms with E-state index in [1.807, 2.05) is 6.07 Å². The van der Waals surface area contributed by atoms with E-state index >= 15 is 0 Å². The largest absolute Gasteiger partial charge is 0.358 e. The summed E-state index contributed by atoms with van der Waals surface area (Å²) in [6.45, 7) is 0. The van der Waals surface area contributed by atoms with Gasteiger partial charge in [0.25, 0.3) is 0 Å². The normalized spacial score (nSPS) is 17.0. The predicted molar refractivity (Wildman–Crippen MR) is 42.8 cm³/mol. The highest BCUT2D eigenvalue weighted by atomic mass is 35.5. The minimum atomic E-state index is 0.207. The van der Waals surface area contributed by atoms with Gasteiger partial charge >= 0.3 is 0 Å². The van der Waals surface area contributed by atoms with Gasteiger partial charge in [-0.15, -0.1) is 0 Å². The van der Waals surface area contributed by atoms with Crippen LogP contribution in [0.3, 0.4) is 0 Å². The zero-order valence-corrected chi connectivity index (χ0v) is 7.14. The average molecular weight is 183 g/mol. The lowest BCUT2D eigenvalue weighted by molar-refractivity contribution is 0.300. The van der Waals surface area contributed by atoms with Gasteiger partial charge in [-0.25, -0.2) is 0 Å². The molecule has 1 saturated carbocycles. The second-order valence-electron chi connectivity index (χ2n) is 2.95. The molecule has 3 nitrogen and oxygen atoms in total. The third-order valence-electron chi connectivity index (χ3n) is 2.24. The van der Waals surface area contributed by atoms with Gasteiger partial charge in [0.2, 0.25) is 5.69 Å². The summed E-state index contributed by atoms with van der Waals surface area (Å²) in [4.78, 5) is 0. The van der Waals surface area contributed by atoms with Crippen molar-refractivity contribution in [3.05, 3.63) is 16.5 Å². The van der Waals surface area contributed by atoms with Crippen LogP contribution in [-0.4, -0.2) is 5.16 Å². The summed E-state index contributed by atoms with van der Waals surface area (Å²) in [6, 6.07) is 1.88. The van der Waals surface area contributed by atoms with Crippen LogP contribution in [0.25, 0.3) is 0 Å². The molecule has 2 rings (SSSR count). The first kappa shape index (κ1) is 7.63. The molecule has 0 saturated heterocycles. The van der Waals surface area contributed by atoms with Gasteiger partial charge in [-0.3, -0.25) is 0 Å². The van der Waals surface area contributed by atoms with Gasteiger partial charge in [-0.05, 0) is 12.8 Å². The molecule has 0 bridgehead atoms. The fourth-order valence-corrected chi connectivity index (χ4v) is 1.55. The minimum absolute atomic E-state index is 0.207. The molecule has 1 aliphatic carbocycles. The van der Waals surface area contributed by atoms with E-state index in [-0.39, 0.29) is 5.69 Å². The summed E-state index contributed by atoms with van der Waals surface area (Å²) in [7, 11) is 0. The van der Waals surface area contributed by atoms with Crippen LogP contribution in [0.5, 0.6) is 0 Å². The quantitative estimate of drug-likeness (QED) is 0.671. The Morgan fingerprint density at radius 3 is 2.75 bits per heavy atom. The van der Waals surface area contributed by atoms with E-state index in [1.54, 1.807) is 0 Å². The van der Waals surface area contributed by atoms with Crippen LogP contribution in [0.4, 0.5) is 0 Å². The lowest BCUT2D eigenvalue weighted by Gasteiger charge is -2.22. The van der Waals surface area contributed by atoms with Crippen LogP contribution in [-0.2, 0) is 0 Å². The Hall–Kier alpha value is -1.01. The van der Waals surface area contributed by atoms with Crippen LogP contribution in [0.1, 0.15) is 36.6 Å². The lowest BCUT2D eigenvalue weighted by Crippen LogP contribution is -2.07. The number of hydrogen-bond donors (Lipinski definition) is 0. The molecular formula is C8H7ClN2O. The average Bonchev–Trinajstić information content (AvgIpc) is 2.30. The number of nitrogens with zero attached hydrogens (tertiary/aromatic N) is 2. The molecule has 0 unspecified atom stereocenters. The first-order chi connectivity index (χ1) is 5.83. The zero-order valence-electron chi connectivity index (χ0n) is 6.38. The third kappa shape index (κ3) is 0.997. The van der Waals surface area contributed by atoms with Crippen LogP contribution in [0.2, 0.25) is 5.02 Å². The van der Waals surface area contributed by atoms with Crippen LogP contribution in [0.15, 0.2) is 4.52 Å². The molecule has 0 amide bonds. The van der Waals surface area contributed by atoms with Gasteiger partial charge in [0, 0.05) is 5.92 Å². The van der Waals surface area contributed by atoms with Crippen molar-refractivity contribution in [1.82, 2.24) is 5.16 Å². The van der Waals surface area contributed by atoms with Crippen molar-refractivity contribution < 1.29 is 4.52 Å². The standard InChI is InChI=1S/C8H7ClN2O/c9-7-6(4-10)11-12-8(7)5-2-1-3-5/h5H,1-3H2. The predicted octanol–water partition coefficient (Wildman–Crippen LogP) is 2.47. The van der Waals surface area contributed by atoms with Gasteiger partial charge in [-0.1, -0.05) is 23.2 Å².